The van der Waals surface area contributed by atoms with Crippen LogP contribution in [0.25, 0.3) is 11.0 Å². The summed E-state index contributed by atoms with van der Waals surface area (Å²) in [6.45, 7) is 2.35. The molecule has 0 N–H and O–H groups in total. The number of fused-ring (bicyclic) bond motifs is 1. The van der Waals surface area contributed by atoms with Gasteiger partial charge in [0.25, 0.3) is 5.91 Å². The average molecular weight is 287 g/mol. The second kappa shape index (κ2) is 6.78. The molecule has 6 heteroatoms. The molecule has 1 aromatic carbocycles. The molecule has 2 aromatic rings. The molecule has 0 unspecified atom stereocenters. The van der Waals surface area contributed by atoms with E-state index in [4.69, 9.17) is 0 Å². The van der Waals surface area contributed by atoms with E-state index >= 15 is 0 Å². The normalized spacial score (nSPS) is 10.4. The zero-order chi connectivity index (χ0) is 15.2. The average Bonchev–Trinajstić information content (AvgIpc) is 2.53. The Morgan fingerprint density at radius 2 is 2.00 bits per heavy atom. The Hall–Kier alpha value is -2.50. The summed E-state index contributed by atoms with van der Waals surface area (Å²) in [6, 6.07) is 5.25. The van der Waals surface area contributed by atoms with Crippen LogP contribution in [0.15, 0.2) is 30.6 Å². The van der Waals surface area contributed by atoms with Crippen molar-refractivity contribution in [2.75, 3.05) is 20.2 Å². The molecule has 6 nitrogen and oxygen atoms in total. The fraction of sp³-hybridized carbons (Fsp3) is 0.333. The van der Waals surface area contributed by atoms with Gasteiger partial charge in [0.2, 0.25) is 0 Å². The van der Waals surface area contributed by atoms with Gasteiger partial charge in [0, 0.05) is 18.9 Å². The van der Waals surface area contributed by atoms with Crippen molar-refractivity contribution in [2.45, 2.75) is 13.3 Å². The molecule has 0 atom stereocenters. The number of rotatable bonds is 5. The molecule has 2 rings (SSSR count). The minimum atomic E-state index is -0.442. The van der Waals surface area contributed by atoms with E-state index in [9.17, 15) is 9.59 Å². The largest absolute Gasteiger partial charge is 0.468 e. The summed E-state index contributed by atoms with van der Waals surface area (Å²) in [5.74, 6) is -0.684. The van der Waals surface area contributed by atoms with E-state index in [0.717, 1.165) is 6.42 Å². The maximum absolute atomic E-state index is 12.7. The molecule has 0 bridgehead atoms. The first-order chi connectivity index (χ1) is 10.2. The van der Waals surface area contributed by atoms with Gasteiger partial charge in [-0.05, 0) is 18.6 Å². The molecule has 1 amide bonds. The van der Waals surface area contributed by atoms with Gasteiger partial charge in [0.05, 0.1) is 18.2 Å². The van der Waals surface area contributed by atoms with Crippen molar-refractivity contribution in [1.82, 2.24) is 14.9 Å². The van der Waals surface area contributed by atoms with Crippen molar-refractivity contribution in [3.8, 4) is 0 Å². The van der Waals surface area contributed by atoms with Crippen LogP contribution in [0.5, 0.6) is 0 Å². The summed E-state index contributed by atoms with van der Waals surface area (Å²) in [4.78, 5) is 34.0. The fourth-order valence-corrected chi connectivity index (χ4v) is 2.08. The maximum atomic E-state index is 12.7. The number of benzene rings is 1. The minimum Gasteiger partial charge on any atom is -0.468 e. The van der Waals surface area contributed by atoms with Crippen LogP contribution in [0.2, 0.25) is 0 Å². The van der Waals surface area contributed by atoms with Gasteiger partial charge in [0.15, 0.2) is 0 Å². The fourth-order valence-electron chi connectivity index (χ4n) is 2.08. The van der Waals surface area contributed by atoms with Crippen molar-refractivity contribution in [3.63, 3.8) is 0 Å². The molecule has 0 radical (unpaired) electrons. The predicted molar refractivity (Wildman–Crippen MR) is 77.7 cm³/mol. The van der Waals surface area contributed by atoms with Crippen molar-refractivity contribution in [1.29, 1.82) is 0 Å². The van der Waals surface area contributed by atoms with E-state index in [2.05, 4.69) is 14.7 Å². The third-order valence-electron chi connectivity index (χ3n) is 3.06. The number of esters is 1. The molecule has 0 aliphatic carbocycles. The monoisotopic (exact) mass is 287 g/mol. The maximum Gasteiger partial charge on any atom is 0.325 e. The van der Waals surface area contributed by atoms with Crippen LogP contribution in [-0.4, -0.2) is 46.9 Å². The number of para-hydroxylation sites is 1. The SMILES string of the molecule is CCCN(CC(=O)OC)C(=O)c1cccc2nccnc12. The summed E-state index contributed by atoms with van der Waals surface area (Å²) in [5.41, 5.74) is 1.63. The summed E-state index contributed by atoms with van der Waals surface area (Å²) in [7, 11) is 1.31. The molecule has 0 fully saturated rings. The Morgan fingerprint density at radius 1 is 1.24 bits per heavy atom. The number of carbonyl (C=O) groups excluding carboxylic acids is 2. The number of methoxy groups -OCH3 is 1. The van der Waals surface area contributed by atoms with Crippen LogP contribution in [0.4, 0.5) is 0 Å². The molecule has 1 heterocycles. The van der Waals surface area contributed by atoms with E-state index in [0.29, 0.717) is 23.1 Å². The quantitative estimate of drug-likeness (QED) is 0.782. The van der Waals surface area contributed by atoms with Crippen molar-refractivity contribution in [3.05, 3.63) is 36.2 Å². The van der Waals surface area contributed by atoms with Crippen LogP contribution in [0.3, 0.4) is 0 Å². The van der Waals surface area contributed by atoms with Gasteiger partial charge >= 0.3 is 5.97 Å². The first-order valence-corrected chi connectivity index (χ1v) is 6.73. The van der Waals surface area contributed by atoms with Crippen LogP contribution < -0.4 is 0 Å². The molecule has 0 saturated carbocycles. The van der Waals surface area contributed by atoms with Gasteiger partial charge < -0.3 is 9.64 Å². The Balaban J connectivity index is 2.36. The molecule has 0 saturated heterocycles. The van der Waals surface area contributed by atoms with E-state index in [1.165, 1.54) is 12.0 Å². The summed E-state index contributed by atoms with van der Waals surface area (Å²) in [6.07, 6.45) is 3.87. The van der Waals surface area contributed by atoms with E-state index in [1.807, 2.05) is 6.92 Å². The van der Waals surface area contributed by atoms with Gasteiger partial charge in [-0.25, -0.2) is 0 Å². The second-order valence-electron chi connectivity index (χ2n) is 4.53. The number of nitrogens with zero attached hydrogens (tertiary/aromatic N) is 3. The Labute approximate surface area is 122 Å². The molecule has 0 aliphatic rings. The second-order valence-corrected chi connectivity index (χ2v) is 4.53. The number of aromatic nitrogens is 2. The first kappa shape index (κ1) is 14.9. The van der Waals surface area contributed by atoms with E-state index in [-0.39, 0.29) is 12.5 Å². The van der Waals surface area contributed by atoms with Crippen LogP contribution in [-0.2, 0) is 9.53 Å². The molecule has 110 valence electrons. The highest BCUT2D eigenvalue weighted by Crippen LogP contribution is 2.16. The van der Waals surface area contributed by atoms with E-state index < -0.39 is 5.97 Å². The van der Waals surface area contributed by atoms with Crippen LogP contribution >= 0.6 is 0 Å². The summed E-state index contributed by atoms with van der Waals surface area (Å²) < 4.78 is 4.64. The predicted octanol–water partition coefficient (Wildman–Crippen LogP) is 1.65. The Kier molecular flexibility index (Phi) is 4.81. The molecule has 21 heavy (non-hydrogen) atoms. The Morgan fingerprint density at radius 3 is 2.71 bits per heavy atom. The van der Waals surface area contributed by atoms with Gasteiger partial charge in [0.1, 0.15) is 12.1 Å². The van der Waals surface area contributed by atoms with Gasteiger partial charge in [-0.1, -0.05) is 13.0 Å². The molecule has 0 aliphatic heterocycles. The highest BCUT2D eigenvalue weighted by atomic mass is 16.5. The smallest absolute Gasteiger partial charge is 0.325 e. The molecule has 1 aromatic heterocycles. The third kappa shape index (κ3) is 3.34. The lowest BCUT2D eigenvalue weighted by Crippen LogP contribution is -2.37. The number of amides is 1. The van der Waals surface area contributed by atoms with Crippen LogP contribution in [0.1, 0.15) is 23.7 Å². The van der Waals surface area contributed by atoms with E-state index in [1.54, 1.807) is 30.6 Å². The number of ether oxygens (including phenoxy) is 1. The lowest BCUT2D eigenvalue weighted by Gasteiger charge is -2.21. The number of hydrogen-bond donors (Lipinski definition) is 0. The zero-order valence-electron chi connectivity index (χ0n) is 12.1. The lowest BCUT2D eigenvalue weighted by atomic mass is 10.1. The van der Waals surface area contributed by atoms with Crippen molar-refractivity contribution in [2.24, 2.45) is 0 Å². The molecular formula is C15H17N3O3. The highest BCUT2D eigenvalue weighted by molar-refractivity contribution is 6.05. The number of hydrogen-bond acceptors (Lipinski definition) is 5. The first-order valence-electron chi connectivity index (χ1n) is 6.73. The molecule has 0 spiro atoms. The lowest BCUT2D eigenvalue weighted by molar-refractivity contribution is -0.141. The van der Waals surface area contributed by atoms with Crippen molar-refractivity contribution < 1.29 is 14.3 Å². The van der Waals surface area contributed by atoms with Gasteiger partial charge in [-0.3, -0.25) is 19.6 Å². The summed E-state index contributed by atoms with van der Waals surface area (Å²) >= 11 is 0. The molecular weight excluding hydrogens is 270 g/mol. The highest BCUT2D eigenvalue weighted by Gasteiger charge is 2.20. The third-order valence-corrected chi connectivity index (χ3v) is 3.06. The topological polar surface area (TPSA) is 72.4 Å². The zero-order valence-corrected chi connectivity index (χ0v) is 12.1. The van der Waals surface area contributed by atoms with Crippen molar-refractivity contribution >= 4 is 22.9 Å². The Bertz CT molecular complexity index is 652. The van der Waals surface area contributed by atoms with Crippen LogP contribution in [0, 0.1) is 0 Å². The summed E-state index contributed by atoms with van der Waals surface area (Å²) in [5, 5.41) is 0. The minimum absolute atomic E-state index is 0.0696. The van der Waals surface area contributed by atoms with Gasteiger partial charge in [-0.15, -0.1) is 0 Å². The van der Waals surface area contributed by atoms with Gasteiger partial charge in [-0.2, -0.15) is 0 Å². The number of carbonyl (C=O) groups is 2. The standard InChI is InChI=1S/C15H17N3O3/c1-3-9-18(10-13(19)21-2)15(20)11-5-4-6-12-14(11)17-8-7-16-12/h4-8H,3,9-10H2,1-2H3.